The Labute approximate surface area is 142 Å². The first-order valence-corrected chi connectivity index (χ1v) is 7.85. The predicted molar refractivity (Wildman–Crippen MR) is 79.7 cm³/mol. The summed E-state index contributed by atoms with van der Waals surface area (Å²) in [5, 5.41) is -1.40. The molecule has 0 aromatic rings. The Balaban J connectivity index is 3.13. The Morgan fingerprint density at radius 3 is 1.79 bits per heavy atom. The number of carbonyl (C=O) groups is 5. The van der Waals surface area contributed by atoms with Crippen molar-refractivity contribution in [3.63, 3.8) is 0 Å². The van der Waals surface area contributed by atoms with Gasteiger partial charge in [0.2, 0.25) is 11.2 Å². The van der Waals surface area contributed by atoms with Crippen LogP contribution in [0.2, 0.25) is 0 Å². The second kappa shape index (κ2) is 8.67. The highest BCUT2D eigenvalue weighted by Gasteiger charge is 2.51. The van der Waals surface area contributed by atoms with E-state index in [9.17, 15) is 24.0 Å². The average Bonchev–Trinajstić information content (AvgIpc) is 2.42. The highest BCUT2D eigenvalue weighted by atomic mass is 32.2. The fourth-order valence-electron chi connectivity index (χ4n) is 2.08. The predicted octanol–water partition coefficient (Wildman–Crippen LogP) is -0.0134. The molecule has 1 aliphatic heterocycles. The van der Waals surface area contributed by atoms with Gasteiger partial charge in [-0.2, -0.15) is 0 Å². The Hall–Kier alpha value is -2.10. The van der Waals surface area contributed by atoms with Gasteiger partial charge in [0.15, 0.2) is 12.2 Å². The van der Waals surface area contributed by atoms with Crippen LogP contribution in [0.25, 0.3) is 0 Å². The largest absolute Gasteiger partial charge is 0.465 e. The molecule has 1 saturated heterocycles. The van der Waals surface area contributed by atoms with Gasteiger partial charge in [0.05, 0.1) is 5.25 Å². The van der Waals surface area contributed by atoms with Gasteiger partial charge in [-0.05, 0) is 0 Å². The van der Waals surface area contributed by atoms with Crippen LogP contribution in [0.15, 0.2) is 0 Å². The van der Waals surface area contributed by atoms with Gasteiger partial charge >= 0.3 is 23.9 Å². The van der Waals surface area contributed by atoms with Crippen molar-refractivity contribution in [1.29, 1.82) is 0 Å². The fraction of sp³-hybridized carbons (Fsp3) is 0.643. The summed E-state index contributed by atoms with van der Waals surface area (Å²) in [5.41, 5.74) is 0. The molecule has 0 spiro atoms. The lowest BCUT2D eigenvalue weighted by molar-refractivity contribution is -0.185. The van der Waals surface area contributed by atoms with Crippen LogP contribution >= 0.6 is 11.8 Å². The zero-order valence-electron chi connectivity index (χ0n) is 13.6. The monoisotopic (exact) mass is 362 g/mol. The Morgan fingerprint density at radius 2 is 1.33 bits per heavy atom. The minimum Gasteiger partial charge on any atom is -0.465 e. The molecule has 1 fully saturated rings. The van der Waals surface area contributed by atoms with Crippen molar-refractivity contribution >= 4 is 40.8 Å². The second-order valence-corrected chi connectivity index (χ2v) is 6.20. The molecule has 0 radical (unpaired) electrons. The molecule has 0 aromatic heterocycles. The smallest absolute Gasteiger partial charge is 0.303 e. The van der Waals surface area contributed by atoms with E-state index in [0.29, 0.717) is 11.8 Å². The lowest BCUT2D eigenvalue weighted by Gasteiger charge is -2.38. The first-order chi connectivity index (χ1) is 11.1. The summed E-state index contributed by atoms with van der Waals surface area (Å²) in [6, 6.07) is 0. The third-order valence-electron chi connectivity index (χ3n) is 2.84. The van der Waals surface area contributed by atoms with Crippen LogP contribution in [-0.2, 0) is 42.9 Å². The summed E-state index contributed by atoms with van der Waals surface area (Å²) < 4.78 is 20.0. The highest BCUT2D eigenvalue weighted by molar-refractivity contribution is 8.14. The number of ether oxygens (including phenoxy) is 4. The maximum Gasteiger partial charge on any atom is 0.303 e. The summed E-state index contributed by atoms with van der Waals surface area (Å²) in [6.07, 6.45) is -3.88. The molecule has 24 heavy (non-hydrogen) atoms. The lowest BCUT2D eigenvalue weighted by Crippen LogP contribution is -2.57. The maximum absolute atomic E-state index is 12.2. The topological polar surface area (TPSA) is 122 Å². The second-order valence-electron chi connectivity index (χ2n) is 4.96. The zero-order valence-corrected chi connectivity index (χ0v) is 14.4. The van der Waals surface area contributed by atoms with E-state index in [4.69, 9.17) is 18.9 Å². The van der Waals surface area contributed by atoms with E-state index < -0.39 is 52.6 Å². The van der Waals surface area contributed by atoms with Crippen molar-refractivity contribution in [3.05, 3.63) is 0 Å². The summed E-state index contributed by atoms with van der Waals surface area (Å²) in [7, 11) is 0. The third kappa shape index (κ3) is 5.84. The SMILES string of the molecule is CC(=O)OC[C@H]1SC(=O)[C@H](OC(C)=O)[C@@H](OC(C)=O)[C@@H]1OC(C)=O. The van der Waals surface area contributed by atoms with Crippen molar-refractivity contribution < 1.29 is 42.9 Å². The molecule has 4 atom stereocenters. The Kier molecular flexibility index (Phi) is 7.20. The quantitative estimate of drug-likeness (QED) is 0.487. The molecule has 0 amide bonds. The molecule has 0 N–H and O–H groups in total. The molecule has 9 nitrogen and oxygen atoms in total. The summed E-state index contributed by atoms with van der Waals surface area (Å²) >= 11 is 0.697. The molecular weight excluding hydrogens is 344 g/mol. The van der Waals surface area contributed by atoms with E-state index in [0.717, 1.165) is 20.8 Å². The molecule has 0 unspecified atom stereocenters. The molecule has 0 aliphatic carbocycles. The fourth-order valence-corrected chi connectivity index (χ4v) is 3.17. The van der Waals surface area contributed by atoms with Crippen LogP contribution in [0.5, 0.6) is 0 Å². The van der Waals surface area contributed by atoms with E-state index in [1.54, 1.807) is 0 Å². The summed E-state index contributed by atoms with van der Waals surface area (Å²) in [6.45, 7) is 4.27. The number of rotatable bonds is 5. The first-order valence-electron chi connectivity index (χ1n) is 6.97. The van der Waals surface area contributed by atoms with Crippen molar-refractivity contribution in [2.24, 2.45) is 0 Å². The minimum absolute atomic E-state index is 0.242. The van der Waals surface area contributed by atoms with E-state index >= 15 is 0 Å². The standard InChI is InChI=1S/C14H18O9S/c1-6(15)20-5-10-11(21-7(2)16)12(22-8(3)17)13(14(19)24-10)23-9(4)18/h10-13H,5H2,1-4H3/t10-,11-,12+,13-/m1/s1. The molecule has 1 aliphatic rings. The molecule has 134 valence electrons. The van der Waals surface area contributed by atoms with Crippen molar-refractivity contribution in [3.8, 4) is 0 Å². The van der Waals surface area contributed by atoms with Gasteiger partial charge in [0, 0.05) is 27.7 Å². The molecule has 10 heteroatoms. The van der Waals surface area contributed by atoms with E-state index in [1.165, 1.54) is 6.92 Å². The van der Waals surface area contributed by atoms with Crippen molar-refractivity contribution in [2.45, 2.75) is 51.3 Å². The molecular formula is C14H18O9S. The minimum atomic E-state index is -1.42. The van der Waals surface area contributed by atoms with E-state index in [2.05, 4.69) is 0 Å². The summed E-state index contributed by atoms with van der Waals surface area (Å²) in [5.74, 6) is -2.79. The van der Waals surface area contributed by atoms with Gasteiger partial charge in [-0.15, -0.1) is 0 Å². The van der Waals surface area contributed by atoms with Crippen LogP contribution in [-0.4, -0.2) is 59.2 Å². The molecule has 0 bridgehead atoms. The van der Waals surface area contributed by atoms with E-state index in [-0.39, 0.29) is 6.61 Å². The number of carbonyl (C=O) groups excluding carboxylic acids is 5. The zero-order chi connectivity index (χ0) is 18.4. The molecule has 1 rings (SSSR count). The number of thioether (sulfide) groups is 1. The number of hydrogen-bond acceptors (Lipinski definition) is 10. The van der Waals surface area contributed by atoms with Crippen LogP contribution in [0.1, 0.15) is 27.7 Å². The molecule has 0 aromatic carbocycles. The average molecular weight is 362 g/mol. The number of esters is 4. The van der Waals surface area contributed by atoms with Gasteiger partial charge in [-0.1, -0.05) is 11.8 Å². The summed E-state index contributed by atoms with van der Waals surface area (Å²) in [4.78, 5) is 57.1. The highest BCUT2D eigenvalue weighted by Crippen LogP contribution is 2.34. The van der Waals surface area contributed by atoms with Gasteiger partial charge in [0.25, 0.3) is 0 Å². The Bertz CT molecular complexity index is 544. The van der Waals surface area contributed by atoms with Gasteiger partial charge in [-0.3, -0.25) is 24.0 Å². The maximum atomic E-state index is 12.2. The lowest BCUT2D eigenvalue weighted by atomic mass is 10.0. The van der Waals surface area contributed by atoms with Crippen LogP contribution in [0.3, 0.4) is 0 Å². The van der Waals surface area contributed by atoms with Crippen LogP contribution in [0, 0.1) is 0 Å². The van der Waals surface area contributed by atoms with Gasteiger partial charge in [-0.25, -0.2) is 0 Å². The molecule has 0 saturated carbocycles. The van der Waals surface area contributed by atoms with Crippen LogP contribution < -0.4 is 0 Å². The van der Waals surface area contributed by atoms with E-state index in [1.807, 2.05) is 0 Å². The van der Waals surface area contributed by atoms with Gasteiger partial charge < -0.3 is 18.9 Å². The molecule has 1 heterocycles. The van der Waals surface area contributed by atoms with Gasteiger partial charge in [0.1, 0.15) is 6.61 Å². The van der Waals surface area contributed by atoms with Crippen molar-refractivity contribution in [2.75, 3.05) is 6.61 Å². The number of hydrogen-bond donors (Lipinski definition) is 0. The van der Waals surface area contributed by atoms with Crippen molar-refractivity contribution in [1.82, 2.24) is 0 Å². The van der Waals surface area contributed by atoms with Crippen LogP contribution in [0.4, 0.5) is 0 Å². The normalized spacial score (nSPS) is 26.2. The Morgan fingerprint density at radius 1 is 0.833 bits per heavy atom. The third-order valence-corrected chi connectivity index (χ3v) is 4.01. The first kappa shape index (κ1) is 19.9.